The molecule has 1 aliphatic heterocycles. The number of aromatic nitrogens is 3. The first-order valence-electron chi connectivity index (χ1n) is 8.89. The van der Waals surface area contributed by atoms with Gasteiger partial charge in [0.1, 0.15) is 0 Å². The minimum atomic E-state index is -0.966. The lowest BCUT2D eigenvalue weighted by atomic mass is 10.1. The number of rotatable bonds is 5. The quantitative estimate of drug-likeness (QED) is 0.620. The molecular weight excluding hydrogens is 376 g/mol. The molecule has 3 aromatic rings. The van der Waals surface area contributed by atoms with Crippen LogP contribution >= 0.6 is 11.8 Å². The minimum Gasteiger partial charge on any atom is -0.478 e. The second kappa shape index (κ2) is 7.85. The molecule has 4 rings (SSSR count). The van der Waals surface area contributed by atoms with E-state index in [0.717, 1.165) is 29.0 Å². The van der Waals surface area contributed by atoms with Gasteiger partial charge in [-0.2, -0.15) is 4.98 Å². The SMILES string of the molecule is CCCSc1nnc2c(n1)OC(c1ccc(C(=O)O)cc1)Nc1ccccc1-2. The van der Waals surface area contributed by atoms with E-state index >= 15 is 0 Å². The molecular formula is C20H18N4O3S. The van der Waals surface area contributed by atoms with Crippen LogP contribution < -0.4 is 10.1 Å². The van der Waals surface area contributed by atoms with E-state index in [1.807, 2.05) is 24.3 Å². The van der Waals surface area contributed by atoms with Crippen LogP contribution in [0.15, 0.2) is 53.7 Å². The number of carboxylic acids is 1. The van der Waals surface area contributed by atoms with E-state index in [-0.39, 0.29) is 5.56 Å². The molecule has 2 aromatic carbocycles. The first kappa shape index (κ1) is 18.2. The summed E-state index contributed by atoms with van der Waals surface area (Å²) in [5, 5.41) is 21.6. The second-order valence-corrected chi connectivity index (χ2v) is 7.27. The van der Waals surface area contributed by atoms with E-state index in [1.165, 1.54) is 11.8 Å². The number of nitrogens with one attached hydrogen (secondary N) is 1. The predicted octanol–water partition coefficient (Wildman–Crippen LogP) is 4.24. The summed E-state index contributed by atoms with van der Waals surface area (Å²) >= 11 is 1.53. The molecule has 0 amide bonds. The number of thioether (sulfide) groups is 1. The number of anilines is 1. The number of nitrogens with zero attached hydrogens (tertiary/aromatic N) is 3. The van der Waals surface area contributed by atoms with Crippen LogP contribution in [0.5, 0.6) is 5.88 Å². The van der Waals surface area contributed by atoms with Gasteiger partial charge >= 0.3 is 5.97 Å². The summed E-state index contributed by atoms with van der Waals surface area (Å²) in [4.78, 5) is 15.7. The van der Waals surface area contributed by atoms with Gasteiger partial charge in [-0.05, 0) is 24.6 Å². The summed E-state index contributed by atoms with van der Waals surface area (Å²) in [6.07, 6.45) is 0.473. The van der Waals surface area contributed by atoms with E-state index in [4.69, 9.17) is 9.84 Å². The van der Waals surface area contributed by atoms with Crippen LogP contribution in [0.2, 0.25) is 0 Å². The Morgan fingerprint density at radius 2 is 1.96 bits per heavy atom. The number of hydrogen-bond donors (Lipinski definition) is 2. The van der Waals surface area contributed by atoms with Crippen molar-refractivity contribution in [3.63, 3.8) is 0 Å². The minimum absolute atomic E-state index is 0.223. The maximum absolute atomic E-state index is 11.1. The average Bonchev–Trinajstić information content (AvgIpc) is 2.88. The van der Waals surface area contributed by atoms with Gasteiger partial charge in [0.25, 0.3) is 0 Å². The van der Waals surface area contributed by atoms with E-state index in [9.17, 15) is 4.79 Å². The second-order valence-electron chi connectivity index (χ2n) is 6.21. The third-order valence-corrected chi connectivity index (χ3v) is 5.27. The number of hydrogen-bond acceptors (Lipinski definition) is 7. The number of ether oxygens (including phenoxy) is 1. The number of para-hydroxylation sites is 1. The summed E-state index contributed by atoms with van der Waals surface area (Å²) in [5.41, 5.74) is 3.29. The van der Waals surface area contributed by atoms with Gasteiger partial charge in [0.05, 0.1) is 5.56 Å². The average molecular weight is 394 g/mol. The lowest BCUT2D eigenvalue weighted by Crippen LogP contribution is -2.17. The van der Waals surface area contributed by atoms with Gasteiger partial charge in [-0.1, -0.05) is 49.0 Å². The molecule has 0 saturated carbocycles. The molecule has 1 atom stereocenters. The highest BCUT2D eigenvalue weighted by atomic mass is 32.2. The van der Waals surface area contributed by atoms with Crippen LogP contribution in [0, 0.1) is 0 Å². The van der Waals surface area contributed by atoms with Crippen molar-refractivity contribution in [2.45, 2.75) is 24.7 Å². The molecule has 28 heavy (non-hydrogen) atoms. The summed E-state index contributed by atoms with van der Waals surface area (Å²) in [5.74, 6) is 0.333. The van der Waals surface area contributed by atoms with Gasteiger partial charge < -0.3 is 15.2 Å². The first-order chi connectivity index (χ1) is 13.7. The summed E-state index contributed by atoms with van der Waals surface area (Å²) in [7, 11) is 0. The molecule has 1 aliphatic rings. The Kier molecular flexibility index (Phi) is 5.12. The summed E-state index contributed by atoms with van der Waals surface area (Å²) in [6.45, 7) is 2.09. The zero-order valence-corrected chi connectivity index (χ0v) is 15.9. The number of fused-ring (bicyclic) bond motifs is 3. The van der Waals surface area contributed by atoms with Gasteiger partial charge in [0.15, 0.2) is 11.9 Å². The fourth-order valence-electron chi connectivity index (χ4n) is 2.85. The molecule has 142 valence electrons. The Hall–Kier alpha value is -3.13. The van der Waals surface area contributed by atoms with E-state index in [2.05, 4.69) is 27.4 Å². The first-order valence-corrected chi connectivity index (χ1v) is 9.87. The van der Waals surface area contributed by atoms with E-state index < -0.39 is 12.2 Å². The normalized spacial score (nSPS) is 14.8. The monoisotopic (exact) mass is 394 g/mol. The van der Waals surface area contributed by atoms with Crippen LogP contribution in [0.25, 0.3) is 11.3 Å². The zero-order valence-electron chi connectivity index (χ0n) is 15.1. The molecule has 0 saturated heterocycles. The van der Waals surface area contributed by atoms with Crippen molar-refractivity contribution in [2.24, 2.45) is 0 Å². The van der Waals surface area contributed by atoms with Crippen molar-refractivity contribution < 1.29 is 14.6 Å². The van der Waals surface area contributed by atoms with Crippen LogP contribution in [0.1, 0.15) is 35.5 Å². The molecule has 0 bridgehead atoms. The van der Waals surface area contributed by atoms with Gasteiger partial charge in [-0.15, -0.1) is 10.2 Å². The Bertz CT molecular complexity index is 1010. The van der Waals surface area contributed by atoms with E-state index in [0.29, 0.717) is 16.7 Å². The number of aromatic carboxylic acids is 1. The Balaban J connectivity index is 1.75. The largest absolute Gasteiger partial charge is 0.478 e. The van der Waals surface area contributed by atoms with Crippen LogP contribution in [0.4, 0.5) is 5.69 Å². The molecule has 2 heterocycles. The fourth-order valence-corrected chi connectivity index (χ4v) is 3.49. The van der Waals surface area contributed by atoms with Crippen molar-refractivity contribution in [3.05, 3.63) is 59.7 Å². The smallest absolute Gasteiger partial charge is 0.335 e. The molecule has 8 heteroatoms. The van der Waals surface area contributed by atoms with Crippen LogP contribution in [-0.2, 0) is 0 Å². The zero-order chi connectivity index (χ0) is 19.5. The fraction of sp³-hybridized carbons (Fsp3) is 0.200. The van der Waals surface area contributed by atoms with Gasteiger partial charge in [-0.25, -0.2) is 4.79 Å². The molecule has 0 radical (unpaired) electrons. The highest BCUT2D eigenvalue weighted by molar-refractivity contribution is 7.99. The highest BCUT2D eigenvalue weighted by Gasteiger charge is 2.26. The highest BCUT2D eigenvalue weighted by Crippen LogP contribution is 2.39. The Morgan fingerprint density at radius 3 is 2.71 bits per heavy atom. The number of carbonyl (C=O) groups is 1. The van der Waals surface area contributed by atoms with Gasteiger partial charge in [0.2, 0.25) is 11.0 Å². The number of benzene rings is 2. The van der Waals surface area contributed by atoms with Crippen LogP contribution in [0.3, 0.4) is 0 Å². The van der Waals surface area contributed by atoms with Crippen molar-refractivity contribution in [3.8, 4) is 17.1 Å². The van der Waals surface area contributed by atoms with Gasteiger partial charge in [0, 0.05) is 22.6 Å². The standard InChI is InChI=1S/C20H18N4O3S/c1-2-11-28-20-22-18-16(23-24-20)14-5-3-4-6-15(14)21-17(27-18)12-7-9-13(10-8-12)19(25)26/h3-10,17,21H,2,11H2,1H3,(H,25,26). The molecule has 2 N–H and O–H groups in total. The summed E-state index contributed by atoms with van der Waals surface area (Å²) < 4.78 is 6.16. The molecule has 0 fully saturated rings. The maximum Gasteiger partial charge on any atom is 0.335 e. The molecule has 0 spiro atoms. The Morgan fingerprint density at radius 1 is 1.18 bits per heavy atom. The van der Waals surface area contributed by atoms with Crippen LogP contribution in [-0.4, -0.2) is 32.0 Å². The topological polar surface area (TPSA) is 97.2 Å². The van der Waals surface area contributed by atoms with Crippen molar-refractivity contribution in [2.75, 3.05) is 11.1 Å². The van der Waals surface area contributed by atoms with Crippen molar-refractivity contribution in [1.29, 1.82) is 0 Å². The molecule has 1 aromatic heterocycles. The van der Waals surface area contributed by atoms with Crippen molar-refractivity contribution in [1.82, 2.24) is 15.2 Å². The lowest BCUT2D eigenvalue weighted by Gasteiger charge is -2.19. The maximum atomic E-state index is 11.1. The third-order valence-electron chi connectivity index (χ3n) is 4.23. The predicted molar refractivity (Wildman–Crippen MR) is 107 cm³/mol. The molecule has 0 aliphatic carbocycles. The third kappa shape index (κ3) is 3.63. The molecule has 1 unspecified atom stereocenters. The molecule has 7 nitrogen and oxygen atoms in total. The van der Waals surface area contributed by atoms with E-state index in [1.54, 1.807) is 24.3 Å². The van der Waals surface area contributed by atoms with Gasteiger partial charge in [-0.3, -0.25) is 0 Å². The van der Waals surface area contributed by atoms with Crippen molar-refractivity contribution >= 4 is 23.4 Å². The lowest BCUT2D eigenvalue weighted by molar-refractivity contribution is 0.0696. The summed E-state index contributed by atoms with van der Waals surface area (Å²) in [6, 6.07) is 14.3. The Labute approximate surface area is 166 Å². The number of carboxylic acid groups (broad SMARTS) is 1.